The lowest BCUT2D eigenvalue weighted by Crippen LogP contribution is -2.54. The monoisotopic (exact) mass is 435 g/mol. The Morgan fingerprint density at radius 3 is 2.42 bits per heavy atom. The molecule has 1 heterocycles. The molecule has 1 saturated heterocycles. The van der Waals surface area contributed by atoms with E-state index in [1.165, 1.54) is 19.8 Å². The highest BCUT2D eigenvalue weighted by Gasteiger charge is 2.56. The van der Waals surface area contributed by atoms with E-state index in [0.717, 1.165) is 37.0 Å². The minimum absolute atomic E-state index is 0.0816. The number of imide groups is 1. The molecule has 31 heavy (non-hydrogen) atoms. The number of hydrogen-bond acceptors (Lipinski definition) is 5. The van der Waals surface area contributed by atoms with E-state index in [1.54, 1.807) is 0 Å². The summed E-state index contributed by atoms with van der Waals surface area (Å²) in [5.41, 5.74) is -1.04. The van der Waals surface area contributed by atoms with Crippen LogP contribution in [0.25, 0.3) is 0 Å². The molecule has 4 amide bonds. The summed E-state index contributed by atoms with van der Waals surface area (Å²) < 4.78 is 5.26. The van der Waals surface area contributed by atoms with E-state index >= 15 is 0 Å². The van der Waals surface area contributed by atoms with E-state index in [1.807, 2.05) is 0 Å². The van der Waals surface area contributed by atoms with Gasteiger partial charge in [-0.1, -0.05) is 46.5 Å². The van der Waals surface area contributed by atoms with Crippen LogP contribution in [0, 0.1) is 11.3 Å². The van der Waals surface area contributed by atoms with Crippen molar-refractivity contribution in [3.8, 4) is 0 Å². The van der Waals surface area contributed by atoms with Crippen LogP contribution < -0.4 is 10.6 Å². The summed E-state index contributed by atoms with van der Waals surface area (Å²) in [6.07, 6.45) is 7.52. The highest BCUT2D eigenvalue weighted by Crippen LogP contribution is 2.46. The predicted molar refractivity (Wildman–Crippen MR) is 115 cm³/mol. The van der Waals surface area contributed by atoms with Gasteiger partial charge in [-0.2, -0.15) is 0 Å². The molecule has 0 unspecified atom stereocenters. The first-order chi connectivity index (χ1) is 14.5. The number of esters is 1. The van der Waals surface area contributed by atoms with Gasteiger partial charge in [0.05, 0.1) is 0 Å². The normalized spacial score (nSPS) is 29.9. The fourth-order valence-corrected chi connectivity index (χ4v) is 5.81. The van der Waals surface area contributed by atoms with E-state index in [9.17, 15) is 19.2 Å². The van der Waals surface area contributed by atoms with Crippen molar-refractivity contribution in [3.63, 3.8) is 0 Å². The van der Waals surface area contributed by atoms with E-state index < -0.39 is 30.2 Å². The van der Waals surface area contributed by atoms with Gasteiger partial charge in [-0.25, -0.2) is 4.79 Å². The van der Waals surface area contributed by atoms with Gasteiger partial charge in [0.25, 0.3) is 11.8 Å². The largest absolute Gasteiger partial charge is 0.451 e. The number of carbonyl (C=O) groups is 4. The average molecular weight is 436 g/mol. The zero-order chi connectivity index (χ0) is 22.8. The van der Waals surface area contributed by atoms with Gasteiger partial charge in [-0.05, 0) is 50.4 Å². The van der Waals surface area contributed by atoms with E-state index in [2.05, 4.69) is 31.4 Å². The Morgan fingerprint density at radius 2 is 1.81 bits per heavy atom. The summed E-state index contributed by atoms with van der Waals surface area (Å²) in [5, 5.41) is 5.81. The van der Waals surface area contributed by atoms with Crippen LogP contribution >= 0.6 is 0 Å². The zero-order valence-corrected chi connectivity index (χ0v) is 19.3. The topological polar surface area (TPSA) is 105 Å². The zero-order valence-electron chi connectivity index (χ0n) is 19.3. The Balaban J connectivity index is 1.55. The summed E-state index contributed by atoms with van der Waals surface area (Å²) in [7, 11) is 0. The van der Waals surface area contributed by atoms with Crippen molar-refractivity contribution in [2.75, 3.05) is 6.54 Å². The predicted octanol–water partition coefficient (Wildman–Crippen LogP) is 2.89. The second-order valence-electron chi connectivity index (χ2n) is 10.6. The minimum atomic E-state index is -0.973. The van der Waals surface area contributed by atoms with Crippen molar-refractivity contribution in [3.05, 3.63) is 0 Å². The molecular formula is C23H37N3O5. The maximum Gasteiger partial charge on any atom is 0.327 e. The van der Waals surface area contributed by atoms with Gasteiger partial charge in [-0.3, -0.25) is 19.3 Å². The summed E-state index contributed by atoms with van der Waals surface area (Å²) in [5.74, 6) is -1.18. The summed E-state index contributed by atoms with van der Waals surface area (Å²) in [4.78, 5) is 51.5. The SMILES string of the molecule is C[C@@H]1CC(C)(C)C[C@@]2(C1)NC(=O)N(CC(=O)O[C@@H](C)C(=O)NC1CCCCCC1)C2=O. The molecule has 2 aliphatic carbocycles. The lowest BCUT2D eigenvalue weighted by Gasteiger charge is -2.43. The van der Waals surface area contributed by atoms with Crippen molar-refractivity contribution in [2.45, 2.75) is 103 Å². The van der Waals surface area contributed by atoms with Crippen LogP contribution in [0.4, 0.5) is 4.79 Å². The van der Waals surface area contributed by atoms with E-state index in [-0.39, 0.29) is 29.2 Å². The van der Waals surface area contributed by atoms with Gasteiger partial charge in [0.1, 0.15) is 12.1 Å². The Labute approximate surface area is 184 Å². The molecule has 1 spiro atoms. The molecule has 8 heteroatoms. The maximum absolute atomic E-state index is 13.1. The molecule has 0 bridgehead atoms. The molecule has 0 aromatic heterocycles. The van der Waals surface area contributed by atoms with Gasteiger partial charge in [0, 0.05) is 6.04 Å². The van der Waals surface area contributed by atoms with Gasteiger partial charge in [0.2, 0.25) is 0 Å². The third kappa shape index (κ3) is 5.57. The van der Waals surface area contributed by atoms with Crippen LogP contribution in [0.5, 0.6) is 0 Å². The molecule has 174 valence electrons. The Bertz CT molecular complexity index is 729. The number of ether oxygens (including phenoxy) is 1. The molecule has 0 aromatic rings. The van der Waals surface area contributed by atoms with Crippen LogP contribution in [-0.4, -0.2) is 52.9 Å². The smallest absolute Gasteiger partial charge is 0.327 e. The lowest BCUT2D eigenvalue weighted by molar-refractivity contribution is -0.157. The molecule has 0 radical (unpaired) electrons. The van der Waals surface area contributed by atoms with Crippen LogP contribution in [0.1, 0.15) is 85.5 Å². The highest BCUT2D eigenvalue weighted by molar-refractivity contribution is 6.08. The number of carbonyl (C=O) groups excluding carboxylic acids is 4. The molecule has 3 aliphatic rings. The second kappa shape index (κ2) is 9.17. The molecule has 3 atom stereocenters. The first-order valence-corrected chi connectivity index (χ1v) is 11.7. The molecule has 1 aliphatic heterocycles. The first kappa shape index (κ1) is 23.5. The van der Waals surface area contributed by atoms with Crippen LogP contribution in [-0.2, 0) is 19.1 Å². The van der Waals surface area contributed by atoms with Crippen molar-refractivity contribution in [1.82, 2.24) is 15.5 Å². The number of amides is 4. The van der Waals surface area contributed by atoms with Crippen molar-refractivity contribution >= 4 is 23.8 Å². The molecule has 2 N–H and O–H groups in total. The van der Waals surface area contributed by atoms with E-state index in [4.69, 9.17) is 4.74 Å². The summed E-state index contributed by atoms with van der Waals surface area (Å²) >= 11 is 0. The van der Waals surface area contributed by atoms with Gasteiger partial charge >= 0.3 is 12.0 Å². The van der Waals surface area contributed by atoms with Gasteiger partial charge in [-0.15, -0.1) is 0 Å². The number of urea groups is 1. The van der Waals surface area contributed by atoms with Crippen LogP contribution in [0.15, 0.2) is 0 Å². The van der Waals surface area contributed by atoms with Gasteiger partial charge in [0.15, 0.2) is 6.10 Å². The van der Waals surface area contributed by atoms with E-state index in [0.29, 0.717) is 12.8 Å². The summed E-state index contributed by atoms with van der Waals surface area (Å²) in [6.45, 7) is 7.29. The molecule has 3 rings (SSSR count). The first-order valence-electron chi connectivity index (χ1n) is 11.7. The van der Waals surface area contributed by atoms with Crippen LogP contribution in [0.3, 0.4) is 0 Å². The maximum atomic E-state index is 13.1. The number of hydrogen-bond donors (Lipinski definition) is 2. The minimum Gasteiger partial charge on any atom is -0.451 e. The average Bonchev–Trinajstić information content (AvgIpc) is 2.84. The fourth-order valence-electron chi connectivity index (χ4n) is 5.81. The highest BCUT2D eigenvalue weighted by atomic mass is 16.5. The molecule has 3 fully saturated rings. The number of nitrogens with one attached hydrogen (secondary N) is 2. The van der Waals surface area contributed by atoms with Crippen molar-refractivity contribution in [2.24, 2.45) is 11.3 Å². The lowest BCUT2D eigenvalue weighted by atomic mass is 9.64. The molecule has 8 nitrogen and oxygen atoms in total. The third-order valence-corrected chi connectivity index (χ3v) is 6.79. The quantitative estimate of drug-likeness (QED) is 0.392. The fraction of sp³-hybridized carbons (Fsp3) is 0.826. The second-order valence-corrected chi connectivity index (χ2v) is 10.6. The number of rotatable bonds is 5. The Morgan fingerprint density at radius 1 is 1.16 bits per heavy atom. The Kier molecular flexibility index (Phi) is 6.96. The standard InChI is InChI=1S/C23H37N3O5/c1-15-11-22(3,4)14-23(12-15)20(29)26(21(30)25-23)13-18(27)31-16(2)19(28)24-17-9-7-5-6-8-10-17/h15-17H,5-14H2,1-4H3,(H,24,28)(H,25,30)/t15-,16+,23-/m1/s1. The molecule has 0 aromatic carbocycles. The molecular weight excluding hydrogens is 398 g/mol. The van der Waals surface area contributed by atoms with Crippen LogP contribution in [0.2, 0.25) is 0 Å². The Hall–Kier alpha value is -2.12. The van der Waals surface area contributed by atoms with Crippen molar-refractivity contribution in [1.29, 1.82) is 0 Å². The van der Waals surface area contributed by atoms with Gasteiger partial charge < -0.3 is 15.4 Å². The summed E-state index contributed by atoms with van der Waals surface area (Å²) in [6, 6.07) is -0.457. The third-order valence-electron chi connectivity index (χ3n) is 6.79. The number of nitrogens with zero attached hydrogens (tertiary/aromatic N) is 1. The molecule has 2 saturated carbocycles. The van der Waals surface area contributed by atoms with Crippen molar-refractivity contribution < 1.29 is 23.9 Å².